The van der Waals surface area contributed by atoms with Crippen LogP contribution in [-0.2, 0) is 6.18 Å². The number of thioether (sulfide) groups is 1. The summed E-state index contributed by atoms with van der Waals surface area (Å²) in [5.74, 6) is -2.55. The maximum Gasteiger partial charge on any atom is 0.452 e. The van der Waals surface area contributed by atoms with Crippen molar-refractivity contribution < 1.29 is 30.9 Å². The first-order valence-corrected chi connectivity index (χ1v) is 7.44. The van der Waals surface area contributed by atoms with Crippen molar-refractivity contribution in [2.24, 2.45) is 0 Å². The fourth-order valence-corrected chi connectivity index (χ4v) is 2.89. The van der Waals surface area contributed by atoms with Gasteiger partial charge >= 0.3 is 12.4 Å². The minimum Gasteiger partial charge on any atom is -0.351 e. The lowest BCUT2D eigenvalue weighted by Gasteiger charge is -2.09. The molecule has 0 atom stereocenters. The predicted octanol–water partition coefficient (Wildman–Crippen LogP) is 6.32. The zero-order chi connectivity index (χ0) is 17.4. The third-order valence-corrected chi connectivity index (χ3v) is 4.34. The molecule has 0 saturated heterocycles. The van der Waals surface area contributed by atoms with Gasteiger partial charge in [-0.3, -0.25) is 0 Å². The largest absolute Gasteiger partial charge is 0.452 e. The molecule has 0 saturated carbocycles. The molecule has 0 spiro atoms. The lowest BCUT2D eigenvalue weighted by molar-refractivity contribution is -0.155. The maximum absolute atomic E-state index is 12.5. The number of nitrogens with zero attached hydrogens (tertiary/aromatic N) is 1. The standard InChI is InChI=1S/C12H5Cl2F6NOS/c13-6-2-7(14)9(23-4-11(15,16)17)1-5(6)8-3-10(22-21-8)12(18,19)20/h1-3H,4H2. The molecule has 0 aliphatic carbocycles. The van der Waals surface area contributed by atoms with Crippen molar-refractivity contribution in [3.05, 3.63) is 34.0 Å². The summed E-state index contributed by atoms with van der Waals surface area (Å²) in [5.41, 5.74) is -0.271. The summed E-state index contributed by atoms with van der Waals surface area (Å²) in [4.78, 5) is 0.0138. The second kappa shape index (κ2) is 6.45. The van der Waals surface area contributed by atoms with Gasteiger partial charge in [0, 0.05) is 16.5 Å². The fourth-order valence-electron chi connectivity index (χ4n) is 1.53. The van der Waals surface area contributed by atoms with Crippen LogP contribution in [0, 0.1) is 0 Å². The van der Waals surface area contributed by atoms with Gasteiger partial charge < -0.3 is 4.52 Å². The SMILES string of the molecule is FC(F)(F)CSc1cc(-c2cc(C(F)(F)F)on2)c(Cl)cc1Cl. The van der Waals surface area contributed by atoms with Gasteiger partial charge in [-0.1, -0.05) is 28.4 Å². The number of hydrogen-bond acceptors (Lipinski definition) is 3. The Labute approximate surface area is 139 Å². The highest BCUT2D eigenvalue weighted by molar-refractivity contribution is 7.99. The Hall–Kier alpha value is -1.06. The Morgan fingerprint density at radius 3 is 2.17 bits per heavy atom. The first-order valence-electron chi connectivity index (χ1n) is 5.70. The van der Waals surface area contributed by atoms with Crippen molar-refractivity contribution in [1.29, 1.82) is 0 Å². The fraction of sp³-hybridized carbons (Fsp3) is 0.250. The zero-order valence-corrected chi connectivity index (χ0v) is 13.1. The molecule has 1 aromatic heterocycles. The summed E-state index contributed by atoms with van der Waals surface area (Å²) in [7, 11) is 0. The van der Waals surface area contributed by atoms with Crippen molar-refractivity contribution in [1.82, 2.24) is 5.16 Å². The van der Waals surface area contributed by atoms with Crippen LogP contribution in [0.4, 0.5) is 26.3 Å². The lowest BCUT2D eigenvalue weighted by atomic mass is 10.1. The minimum absolute atomic E-state index is 0.0138. The maximum atomic E-state index is 12.5. The molecule has 0 unspecified atom stereocenters. The topological polar surface area (TPSA) is 26.0 Å². The molecule has 1 heterocycles. The molecule has 0 bridgehead atoms. The molecule has 2 rings (SSSR count). The van der Waals surface area contributed by atoms with Gasteiger partial charge in [-0.05, 0) is 12.1 Å². The molecular weight excluding hydrogens is 391 g/mol. The molecule has 126 valence electrons. The van der Waals surface area contributed by atoms with E-state index in [1.807, 2.05) is 0 Å². The first-order chi connectivity index (χ1) is 10.5. The normalized spacial score (nSPS) is 12.7. The number of aromatic nitrogens is 1. The highest BCUT2D eigenvalue weighted by Gasteiger charge is 2.36. The monoisotopic (exact) mass is 395 g/mol. The van der Waals surface area contributed by atoms with Gasteiger partial charge in [0.1, 0.15) is 5.69 Å². The highest BCUT2D eigenvalue weighted by Crippen LogP contribution is 2.40. The lowest BCUT2D eigenvalue weighted by Crippen LogP contribution is -2.10. The predicted molar refractivity (Wildman–Crippen MR) is 73.7 cm³/mol. The Balaban J connectivity index is 2.37. The summed E-state index contributed by atoms with van der Waals surface area (Å²) in [6.07, 6.45) is -9.16. The quantitative estimate of drug-likeness (QED) is 0.449. The number of hydrogen-bond donors (Lipinski definition) is 0. The van der Waals surface area contributed by atoms with E-state index in [2.05, 4.69) is 9.68 Å². The molecule has 23 heavy (non-hydrogen) atoms. The molecule has 11 heteroatoms. The van der Waals surface area contributed by atoms with Crippen molar-refractivity contribution in [2.75, 3.05) is 5.75 Å². The average Bonchev–Trinajstić information content (AvgIpc) is 2.85. The molecule has 0 fully saturated rings. The van der Waals surface area contributed by atoms with Gasteiger partial charge in [-0.2, -0.15) is 26.3 Å². The van der Waals surface area contributed by atoms with E-state index < -0.39 is 23.9 Å². The number of benzene rings is 1. The van der Waals surface area contributed by atoms with E-state index in [1.54, 1.807) is 0 Å². The van der Waals surface area contributed by atoms with E-state index in [1.165, 1.54) is 0 Å². The zero-order valence-electron chi connectivity index (χ0n) is 10.7. The van der Waals surface area contributed by atoms with E-state index in [0.717, 1.165) is 12.1 Å². The van der Waals surface area contributed by atoms with E-state index in [0.29, 0.717) is 17.8 Å². The summed E-state index contributed by atoms with van der Waals surface area (Å²) in [5, 5.41) is 3.13. The van der Waals surface area contributed by atoms with Gasteiger partial charge in [-0.25, -0.2) is 0 Å². The molecule has 2 nitrogen and oxygen atoms in total. The van der Waals surface area contributed by atoms with Crippen LogP contribution in [0.25, 0.3) is 11.3 Å². The molecule has 0 amide bonds. The van der Waals surface area contributed by atoms with Crippen LogP contribution in [0.1, 0.15) is 5.76 Å². The number of halogens is 8. The van der Waals surface area contributed by atoms with Crippen LogP contribution >= 0.6 is 35.0 Å². The van der Waals surface area contributed by atoms with Crippen LogP contribution in [0.3, 0.4) is 0 Å². The van der Waals surface area contributed by atoms with Crippen LogP contribution in [0.15, 0.2) is 27.6 Å². The van der Waals surface area contributed by atoms with Crippen LogP contribution in [0.2, 0.25) is 10.0 Å². The summed E-state index contributed by atoms with van der Waals surface area (Å²) >= 11 is 12.1. The first kappa shape index (κ1) is 18.3. The van der Waals surface area contributed by atoms with Crippen LogP contribution in [0.5, 0.6) is 0 Å². The molecule has 0 aliphatic heterocycles. The number of rotatable bonds is 3. The van der Waals surface area contributed by atoms with Crippen LogP contribution < -0.4 is 0 Å². The average molecular weight is 396 g/mol. The van der Waals surface area contributed by atoms with Gasteiger partial charge in [0.05, 0.1) is 15.8 Å². The van der Waals surface area contributed by atoms with Crippen LogP contribution in [-0.4, -0.2) is 17.1 Å². The van der Waals surface area contributed by atoms with Crippen molar-refractivity contribution in [3.63, 3.8) is 0 Å². The molecule has 0 aliphatic rings. The smallest absolute Gasteiger partial charge is 0.351 e. The van der Waals surface area contributed by atoms with Gasteiger partial charge in [0.25, 0.3) is 0 Å². The third-order valence-electron chi connectivity index (χ3n) is 2.48. The second-order valence-corrected chi connectivity index (χ2v) is 6.07. The van der Waals surface area contributed by atoms with Gasteiger partial charge in [-0.15, -0.1) is 11.8 Å². The van der Waals surface area contributed by atoms with Gasteiger partial charge in [0.2, 0.25) is 5.76 Å². The summed E-state index contributed by atoms with van der Waals surface area (Å²) in [6, 6.07) is 2.88. The van der Waals surface area contributed by atoms with Gasteiger partial charge in [0.15, 0.2) is 0 Å². The van der Waals surface area contributed by atoms with Crippen molar-refractivity contribution >= 4 is 35.0 Å². The minimum atomic E-state index is -4.74. The molecular formula is C12H5Cl2F6NOS. The Bertz CT molecular complexity index is 713. The summed E-state index contributed by atoms with van der Waals surface area (Å²) < 4.78 is 78.5. The van der Waals surface area contributed by atoms with E-state index in [-0.39, 0.29) is 26.2 Å². The third kappa shape index (κ3) is 4.71. The van der Waals surface area contributed by atoms with E-state index in [9.17, 15) is 26.3 Å². The highest BCUT2D eigenvalue weighted by atomic mass is 35.5. The molecule has 0 radical (unpaired) electrons. The second-order valence-electron chi connectivity index (χ2n) is 4.24. The molecule has 2 aromatic rings. The van der Waals surface area contributed by atoms with Crippen molar-refractivity contribution in [3.8, 4) is 11.3 Å². The van der Waals surface area contributed by atoms with E-state index >= 15 is 0 Å². The van der Waals surface area contributed by atoms with E-state index in [4.69, 9.17) is 23.2 Å². The Morgan fingerprint density at radius 1 is 1.00 bits per heavy atom. The number of alkyl halides is 6. The molecule has 1 aromatic carbocycles. The Kier molecular flexibility index (Phi) is 5.12. The molecule has 0 N–H and O–H groups in total. The Morgan fingerprint density at radius 2 is 1.65 bits per heavy atom. The van der Waals surface area contributed by atoms with Crippen molar-refractivity contribution in [2.45, 2.75) is 17.2 Å². The summed E-state index contributed by atoms with van der Waals surface area (Å²) in [6.45, 7) is 0.